The summed E-state index contributed by atoms with van der Waals surface area (Å²) in [5, 5.41) is 19.9. The van der Waals surface area contributed by atoms with Gasteiger partial charge in [0, 0.05) is 43.0 Å². The van der Waals surface area contributed by atoms with Crippen molar-refractivity contribution < 1.29 is 23.1 Å². The Balaban J connectivity index is 1.37. The average Bonchev–Trinajstić information content (AvgIpc) is 3.53. The van der Waals surface area contributed by atoms with Crippen molar-refractivity contribution in [2.75, 3.05) is 18.4 Å². The van der Waals surface area contributed by atoms with Gasteiger partial charge in [-0.3, -0.25) is 14.3 Å². The van der Waals surface area contributed by atoms with Crippen LogP contribution in [0.25, 0.3) is 10.9 Å². The van der Waals surface area contributed by atoms with Crippen LogP contribution in [0.4, 0.5) is 5.95 Å². The molecule has 2 heterocycles. The third-order valence-electron chi connectivity index (χ3n) is 5.49. The fourth-order valence-electron chi connectivity index (χ4n) is 3.67. The molecule has 1 unspecified atom stereocenters. The van der Waals surface area contributed by atoms with Gasteiger partial charge < -0.3 is 20.7 Å². The number of nitrogens with one attached hydrogen (secondary N) is 4. The number of carboxylic acids is 1. The van der Waals surface area contributed by atoms with Crippen LogP contribution in [-0.4, -0.2) is 64.3 Å². The number of amides is 1. The van der Waals surface area contributed by atoms with Gasteiger partial charge in [-0.05, 0) is 36.8 Å². The largest absolute Gasteiger partial charge is 0.480 e. The van der Waals surface area contributed by atoms with Crippen molar-refractivity contribution in [2.45, 2.75) is 23.9 Å². The molecule has 38 heavy (non-hydrogen) atoms. The van der Waals surface area contributed by atoms with Crippen LogP contribution in [-0.2, 0) is 21.4 Å². The summed E-state index contributed by atoms with van der Waals surface area (Å²) < 4.78 is 29.3. The van der Waals surface area contributed by atoms with Crippen LogP contribution in [0, 0.1) is 0 Å². The van der Waals surface area contributed by atoms with Crippen LogP contribution >= 0.6 is 23.2 Å². The third kappa shape index (κ3) is 6.42. The highest BCUT2D eigenvalue weighted by Crippen LogP contribution is 2.29. The Morgan fingerprint density at radius 1 is 1.16 bits per heavy atom. The Morgan fingerprint density at radius 2 is 1.92 bits per heavy atom. The van der Waals surface area contributed by atoms with E-state index < -0.39 is 39.4 Å². The molecule has 5 N–H and O–H groups in total. The van der Waals surface area contributed by atoms with Gasteiger partial charge in [0.25, 0.3) is 5.91 Å². The van der Waals surface area contributed by atoms with E-state index in [-0.39, 0.29) is 15.6 Å². The summed E-state index contributed by atoms with van der Waals surface area (Å²) >= 11 is 11.9. The summed E-state index contributed by atoms with van der Waals surface area (Å²) in [4.78, 5) is 31.1. The molecule has 0 fully saturated rings. The highest BCUT2D eigenvalue weighted by atomic mass is 35.5. The number of benzene rings is 2. The number of aliphatic carboxylic acids is 1. The molecule has 15 heteroatoms. The number of hydrogen-bond acceptors (Lipinski definition) is 7. The number of carboxylic acid groups (broad SMARTS) is 1. The summed E-state index contributed by atoms with van der Waals surface area (Å²) in [5.41, 5.74) is 1.09. The van der Waals surface area contributed by atoms with Gasteiger partial charge in [-0.2, -0.15) is 9.82 Å². The van der Waals surface area contributed by atoms with Gasteiger partial charge in [0.05, 0.1) is 21.8 Å². The standard InChI is InChI=1S/C23H23Cl2N7O5S/c24-16-3-1-4-17(25)20(16)38(36,37)31-18(22(34)35)13-29-21(33)14-5-6-19-15(11-14)12-30-32(19)10-2-7-26-23-27-8-9-28-23/h1,3-6,8-9,11-12,18,31H,2,7,10,13H2,(H,29,33)(H,34,35)(H2,26,27,28). The van der Waals surface area contributed by atoms with Crippen molar-refractivity contribution >= 4 is 62.0 Å². The number of carbonyl (C=O) groups is 2. The summed E-state index contributed by atoms with van der Waals surface area (Å²) in [5.74, 6) is -1.38. The normalized spacial score (nSPS) is 12.4. The highest BCUT2D eigenvalue weighted by molar-refractivity contribution is 7.89. The van der Waals surface area contributed by atoms with E-state index in [4.69, 9.17) is 23.2 Å². The molecule has 1 atom stereocenters. The minimum absolute atomic E-state index is 0.166. The van der Waals surface area contributed by atoms with Crippen LogP contribution < -0.4 is 15.4 Å². The van der Waals surface area contributed by atoms with Gasteiger partial charge in [-0.1, -0.05) is 29.3 Å². The molecular weight excluding hydrogens is 557 g/mol. The molecule has 0 aliphatic rings. The minimum atomic E-state index is -4.39. The van der Waals surface area contributed by atoms with Crippen molar-refractivity contribution in [3.63, 3.8) is 0 Å². The summed E-state index contributed by atoms with van der Waals surface area (Å²) in [7, 11) is -4.39. The van der Waals surface area contributed by atoms with Crippen LogP contribution in [0.1, 0.15) is 16.8 Å². The predicted octanol–water partition coefficient (Wildman–Crippen LogP) is 2.73. The van der Waals surface area contributed by atoms with E-state index in [1.807, 2.05) is 9.40 Å². The van der Waals surface area contributed by atoms with E-state index in [1.54, 1.807) is 36.8 Å². The maximum Gasteiger partial charge on any atom is 0.323 e. The second kappa shape index (κ2) is 11.8. The molecule has 0 saturated heterocycles. The van der Waals surface area contributed by atoms with E-state index in [9.17, 15) is 23.1 Å². The van der Waals surface area contributed by atoms with E-state index >= 15 is 0 Å². The molecule has 0 spiro atoms. The molecule has 0 saturated carbocycles. The second-order valence-corrected chi connectivity index (χ2v) is 10.6. The lowest BCUT2D eigenvalue weighted by Gasteiger charge is -2.17. The maximum atomic E-state index is 12.7. The number of carbonyl (C=O) groups excluding carboxylic acids is 1. The zero-order chi connectivity index (χ0) is 27.3. The second-order valence-electron chi connectivity index (χ2n) is 8.13. The topological polar surface area (TPSA) is 171 Å². The first-order chi connectivity index (χ1) is 18.2. The Labute approximate surface area is 227 Å². The summed E-state index contributed by atoms with van der Waals surface area (Å²) in [6.07, 6.45) is 5.81. The number of fused-ring (bicyclic) bond motifs is 1. The molecular formula is C23H23Cl2N7O5S. The molecule has 200 valence electrons. The molecule has 1 amide bonds. The number of H-pyrrole nitrogens is 1. The Bertz CT molecular complexity index is 1540. The molecule has 12 nitrogen and oxygen atoms in total. The Morgan fingerprint density at radius 3 is 2.61 bits per heavy atom. The molecule has 2 aromatic carbocycles. The first-order valence-electron chi connectivity index (χ1n) is 11.3. The lowest BCUT2D eigenvalue weighted by atomic mass is 10.1. The molecule has 0 aliphatic heterocycles. The monoisotopic (exact) mass is 579 g/mol. The lowest BCUT2D eigenvalue weighted by molar-refractivity contribution is -0.138. The number of imidazole rings is 1. The van der Waals surface area contributed by atoms with Gasteiger partial charge in [0.15, 0.2) is 5.95 Å². The van der Waals surface area contributed by atoms with Crippen molar-refractivity contribution in [3.05, 3.63) is 70.6 Å². The first kappa shape index (κ1) is 27.4. The number of aryl methyl sites for hydroxylation is 1. The summed E-state index contributed by atoms with van der Waals surface area (Å²) in [6, 6.07) is 7.37. The van der Waals surface area contributed by atoms with Crippen LogP contribution in [0.2, 0.25) is 10.0 Å². The Kier molecular flexibility index (Phi) is 8.52. The lowest BCUT2D eigenvalue weighted by Crippen LogP contribution is -2.48. The minimum Gasteiger partial charge on any atom is -0.480 e. The number of anilines is 1. The number of aromatic amines is 1. The number of aromatic nitrogens is 4. The molecule has 0 radical (unpaired) electrons. The van der Waals surface area contributed by atoms with Crippen molar-refractivity contribution in [1.29, 1.82) is 0 Å². The molecule has 2 aromatic heterocycles. The van der Waals surface area contributed by atoms with Crippen LogP contribution in [0.3, 0.4) is 0 Å². The van der Waals surface area contributed by atoms with Crippen LogP contribution in [0.5, 0.6) is 0 Å². The van der Waals surface area contributed by atoms with Gasteiger partial charge in [-0.15, -0.1) is 0 Å². The van der Waals surface area contributed by atoms with E-state index in [2.05, 4.69) is 25.7 Å². The molecule has 0 aliphatic carbocycles. The number of hydrogen-bond donors (Lipinski definition) is 5. The van der Waals surface area contributed by atoms with Gasteiger partial charge in [0.1, 0.15) is 10.9 Å². The highest BCUT2D eigenvalue weighted by Gasteiger charge is 2.29. The van der Waals surface area contributed by atoms with Crippen molar-refractivity contribution in [3.8, 4) is 0 Å². The SMILES string of the molecule is O=C(NCC(NS(=O)(=O)c1c(Cl)cccc1Cl)C(=O)O)c1ccc2c(cnn2CCCNc2ncc[nH]2)c1. The van der Waals surface area contributed by atoms with E-state index in [0.29, 0.717) is 19.0 Å². The number of halogens is 2. The van der Waals surface area contributed by atoms with Crippen molar-refractivity contribution in [2.24, 2.45) is 0 Å². The quantitative estimate of drug-likeness (QED) is 0.159. The molecule has 4 aromatic rings. The van der Waals surface area contributed by atoms with Gasteiger partial charge in [-0.25, -0.2) is 13.4 Å². The van der Waals surface area contributed by atoms with Crippen molar-refractivity contribution in [1.82, 2.24) is 29.8 Å². The van der Waals surface area contributed by atoms with Crippen LogP contribution in [0.15, 0.2) is 59.9 Å². The fourth-order valence-corrected chi connectivity index (χ4v) is 6.00. The molecule has 4 rings (SSSR count). The Hall–Kier alpha value is -3.65. The van der Waals surface area contributed by atoms with Gasteiger partial charge in [0.2, 0.25) is 10.0 Å². The first-order valence-corrected chi connectivity index (χ1v) is 13.6. The van der Waals surface area contributed by atoms with Gasteiger partial charge >= 0.3 is 5.97 Å². The third-order valence-corrected chi connectivity index (χ3v) is 7.92. The van der Waals surface area contributed by atoms with E-state index in [0.717, 1.165) is 17.3 Å². The average molecular weight is 580 g/mol. The molecule has 0 bridgehead atoms. The fraction of sp³-hybridized carbons (Fsp3) is 0.217. The maximum absolute atomic E-state index is 12.7. The number of rotatable bonds is 12. The predicted molar refractivity (Wildman–Crippen MR) is 142 cm³/mol. The number of sulfonamides is 1. The summed E-state index contributed by atoms with van der Waals surface area (Å²) in [6.45, 7) is 0.806. The zero-order valence-corrected chi connectivity index (χ0v) is 22.0. The smallest absolute Gasteiger partial charge is 0.323 e. The number of nitrogens with zero attached hydrogens (tertiary/aromatic N) is 3. The zero-order valence-electron chi connectivity index (χ0n) is 19.7. The van der Waals surface area contributed by atoms with E-state index in [1.165, 1.54) is 18.2 Å².